The SMILES string of the molecule is NS(=O)(=O)c1ccc2c(c1)C(=O)N(c1ccc(NC(=O)NS(=O)(=O)c3ccc(F)s3)cn1)C(=O)C2. The second-order valence-electron chi connectivity index (χ2n) is 7.10. The molecule has 1 aliphatic rings. The summed E-state index contributed by atoms with van der Waals surface area (Å²) in [6.45, 7) is 0. The predicted molar refractivity (Wildman–Crippen MR) is 121 cm³/mol. The van der Waals surface area contributed by atoms with Gasteiger partial charge in [-0.2, -0.15) is 4.39 Å². The van der Waals surface area contributed by atoms with Gasteiger partial charge >= 0.3 is 6.03 Å². The lowest BCUT2D eigenvalue weighted by Crippen LogP contribution is -2.43. The number of urea groups is 1. The minimum Gasteiger partial charge on any atom is -0.306 e. The number of primary sulfonamides is 1. The topological polar surface area (TPSA) is 186 Å². The molecule has 0 bridgehead atoms. The summed E-state index contributed by atoms with van der Waals surface area (Å²) in [5.41, 5.74) is 0.313. The van der Waals surface area contributed by atoms with E-state index in [1.165, 1.54) is 24.3 Å². The number of thiophene rings is 1. The number of fused-ring (bicyclic) bond motifs is 1. The van der Waals surface area contributed by atoms with Crippen molar-refractivity contribution in [2.24, 2.45) is 5.14 Å². The van der Waals surface area contributed by atoms with E-state index in [0.717, 1.165) is 29.3 Å². The van der Waals surface area contributed by atoms with Crippen molar-refractivity contribution in [1.82, 2.24) is 9.71 Å². The number of rotatable bonds is 5. The summed E-state index contributed by atoms with van der Waals surface area (Å²) >= 11 is 0.339. The van der Waals surface area contributed by atoms with E-state index in [-0.39, 0.29) is 28.4 Å². The number of nitrogens with two attached hydrogens (primary N) is 1. The Morgan fingerprint density at radius 2 is 1.83 bits per heavy atom. The Balaban J connectivity index is 1.51. The molecule has 0 radical (unpaired) electrons. The molecular formula is C19H14FN5O7S3. The molecule has 182 valence electrons. The zero-order valence-corrected chi connectivity index (χ0v) is 19.7. The maximum atomic E-state index is 13.1. The van der Waals surface area contributed by atoms with Gasteiger partial charge in [-0.3, -0.25) is 9.59 Å². The van der Waals surface area contributed by atoms with Gasteiger partial charge in [0.25, 0.3) is 15.9 Å². The highest BCUT2D eigenvalue weighted by atomic mass is 32.2. The van der Waals surface area contributed by atoms with Crippen molar-refractivity contribution in [2.45, 2.75) is 15.5 Å². The number of hydrogen-bond acceptors (Lipinski definition) is 9. The van der Waals surface area contributed by atoms with E-state index in [1.807, 2.05) is 0 Å². The zero-order chi connectivity index (χ0) is 25.5. The monoisotopic (exact) mass is 539 g/mol. The molecule has 0 fully saturated rings. The predicted octanol–water partition coefficient (Wildman–Crippen LogP) is 1.17. The first-order valence-corrected chi connectivity index (χ1v) is 13.3. The van der Waals surface area contributed by atoms with E-state index in [0.29, 0.717) is 16.9 Å². The number of benzene rings is 1. The van der Waals surface area contributed by atoms with Gasteiger partial charge in [0, 0.05) is 5.56 Å². The third-order valence-electron chi connectivity index (χ3n) is 4.71. The fraction of sp³-hybridized carbons (Fsp3) is 0.0526. The van der Waals surface area contributed by atoms with Gasteiger partial charge in [-0.25, -0.2) is 41.4 Å². The summed E-state index contributed by atoms with van der Waals surface area (Å²) in [6.07, 6.45) is 0.875. The van der Waals surface area contributed by atoms with E-state index < -0.39 is 47.2 Å². The molecule has 0 saturated heterocycles. The summed E-state index contributed by atoms with van der Waals surface area (Å²) in [5.74, 6) is -1.55. The van der Waals surface area contributed by atoms with Crippen LogP contribution in [0.2, 0.25) is 0 Å². The number of nitrogens with one attached hydrogen (secondary N) is 2. The van der Waals surface area contributed by atoms with Gasteiger partial charge < -0.3 is 5.32 Å². The number of pyridine rings is 1. The molecule has 3 heterocycles. The molecule has 16 heteroatoms. The molecule has 2 aromatic heterocycles. The number of imide groups is 1. The molecule has 0 spiro atoms. The number of nitrogens with zero attached hydrogens (tertiary/aromatic N) is 2. The van der Waals surface area contributed by atoms with Crippen molar-refractivity contribution in [3.8, 4) is 0 Å². The Hall–Kier alpha value is -3.73. The van der Waals surface area contributed by atoms with Crippen LogP contribution in [0.5, 0.6) is 0 Å². The molecule has 12 nitrogen and oxygen atoms in total. The Labute approximate surface area is 201 Å². The Morgan fingerprint density at radius 1 is 1.09 bits per heavy atom. The molecule has 4 amide bonds. The summed E-state index contributed by atoms with van der Waals surface area (Å²) in [4.78, 5) is 41.9. The van der Waals surface area contributed by atoms with Crippen LogP contribution < -0.4 is 20.1 Å². The lowest BCUT2D eigenvalue weighted by Gasteiger charge is -2.26. The molecule has 1 aromatic carbocycles. The average Bonchev–Trinajstić information content (AvgIpc) is 3.21. The Morgan fingerprint density at radius 3 is 2.43 bits per heavy atom. The van der Waals surface area contributed by atoms with Gasteiger partial charge in [-0.15, -0.1) is 0 Å². The molecule has 35 heavy (non-hydrogen) atoms. The molecule has 4 N–H and O–H groups in total. The number of halogens is 1. The zero-order valence-electron chi connectivity index (χ0n) is 17.3. The molecule has 0 unspecified atom stereocenters. The van der Waals surface area contributed by atoms with E-state index in [9.17, 15) is 35.6 Å². The molecule has 0 aliphatic carbocycles. The number of carbonyl (C=O) groups excluding carboxylic acids is 3. The first-order chi connectivity index (χ1) is 16.3. The van der Waals surface area contributed by atoms with Gasteiger partial charge in [0.05, 0.1) is 23.2 Å². The molecule has 0 atom stereocenters. The fourth-order valence-corrected chi connectivity index (χ4v) is 5.61. The van der Waals surface area contributed by atoms with Gasteiger partial charge in [0.1, 0.15) is 10.0 Å². The van der Waals surface area contributed by atoms with Gasteiger partial charge in [0.15, 0.2) is 5.13 Å². The summed E-state index contributed by atoms with van der Waals surface area (Å²) in [5, 5.41) is 6.59. The van der Waals surface area contributed by atoms with Crippen LogP contribution in [0.4, 0.5) is 20.7 Å². The van der Waals surface area contributed by atoms with E-state index in [1.54, 1.807) is 4.72 Å². The van der Waals surface area contributed by atoms with Crippen molar-refractivity contribution < 1.29 is 35.6 Å². The smallest absolute Gasteiger partial charge is 0.306 e. The molecule has 1 aliphatic heterocycles. The molecule has 4 rings (SSSR count). The van der Waals surface area contributed by atoms with Crippen LogP contribution in [-0.2, 0) is 31.3 Å². The third kappa shape index (κ3) is 5.04. The first-order valence-electron chi connectivity index (χ1n) is 9.43. The van der Waals surface area contributed by atoms with Crippen LogP contribution in [-0.4, -0.2) is 39.7 Å². The van der Waals surface area contributed by atoms with Crippen LogP contribution in [0.25, 0.3) is 0 Å². The molecule has 0 saturated carbocycles. The number of hydrogen-bond donors (Lipinski definition) is 3. The Kier molecular flexibility index (Phi) is 6.14. The van der Waals surface area contributed by atoms with Crippen LogP contribution in [0.1, 0.15) is 15.9 Å². The first kappa shape index (κ1) is 24.4. The maximum Gasteiger partial charge on any atom is 0.333 e. The second kappa shape index (κ2) is 8.81. The average molecular weight is 540 g/mol. The van der Waals surface area contributed by atoms with Crippen LogP contribution in [0, 0.1) is 5.13 Å². The summed E-state index contributed by atoms with van der Waals surface area (Å²) in [7, 11) is -8.37. The highest BCUT2D eigenvalue weighted by Gasteiger charge is 2.34. The van der Waals surface area contributed by atoms with Gasteiger partial charge in [0.2, 0.25) is 15.9 Å². The summed E-state index contributed by atoms with van der Waals surface area (Å²) in [6, 6.07) is 6.89. The standard InChI is InChI=1S/C19H14FN5O7S3/c20-14-4-6-17(33-14)35(31,32)24-19(28)23-11-2-5-15(22-9-11)25-16(26)7-10-1-3-12(34(21,29)30)8-13(10)18(25)27/h1-6,8-9H,7H2,(H2,21,29,30)(H2,23,24,28). The lowest BCUT2D eigenvalue weighted by atomic mass is 9.98. The van der Waals surface area contributed by atoms with E-state index in [4.69, 9.17) is 5.14 Å². The molecule has 3 aromatic rings. The third-order valence-corrected chi connectivity index (χ3v) is 8.32. The van der Waals surface area contributed by atoms with Crippen molar-refractivity contribution in [1.29, 1.82) is 0 Å². The normalized spacial score (nSPS) is 13.9. The number of aromatic nitrogens is 1. The van der Waals surface area contributed by atoms with Crippen molar-refractivity contribution in [3.63, 3.8) is 0 Å². The largest absolute Gasteiger partial charge is 0.333 e. The van der Waals surface area contributed by atoms with Crippen LogP contribution in [0.3, 0.4) is 0 Å². The summed E-state index contributed by atoms with van der Waals surface area (Å²) < 4.78 is 61.8. The number of carbonyl (C=O) groups is 3. The van der Waals surface area contributed by atoms with Crippen molar-refractivity contribution in [3.05, 3.63) is 64.9 Å². The van der Waals surface area contributed by atoms with E-state index in [2.05, 4.69) is 10.3 Å². The van der Waals surface area contributed by atoms with Gasteiger partial charge in [-0.05, 0) is 42.0 Å². The minimum atomic E-state index is -4.29. The number of amides is 4. The molecular weight excluding hydrogens is 525 g/mol. The highest BCUT2D eigenvalue weighted by Crippen LogP contribution is 2.27. The van der Waals surface area contributed by atoms with E-state index >= 15 is 0 Å². The fourth-order valence-electron chi connectivity index (χ4n) is 3.16. The lowest BCUT2D eigenvalue weighted by molar-refractivity contribution is -0.117. The maximum absolute atomic E-state index is 13.1. The van der Waals surface area contributed by atoms with Crippen molar-refractivity contribution in [2.75, 3.05) is 10.2 Å². The van der Waals surface area contributed by atoms with Crippen molar-refractivity contribution >= 4 is 60.7 Å². The Bertz CT molecular complexity index is 1580. The van der Waals surface area contributed by atoms with Crippen LogP contribution in [0.15, 0.2) is 57.8 Å². The highest BCUT2D eigenvalue weighted by molar-refractivity contribution is 7.92. The van der Waals surface area contributed by atoms with Gasteiger partial charge in [-0.1, -0.05) is 17.4 Å². The number of sulfonamides is 2. The minimum absolute atomic E-state index is 0.0210. The second-order valence-corrected chi connectivity index (χ2v) is 11.6. The quantitative estimate of drug-likeness (QED) is 0.403. The number of anilines is 2. The van der Waals surface area contributed by atoms with Crippen LogP contribution >= 0.6 is 11.3 Å².